The molecule has 0 radical (unpaired) electrons. The minimum Gasteiger partial charge on any atom is -0.351 e. The Balaban J connectivity index is 1.22. The smallest absolute Gasteiger partial charge is 0.251 e. The maximum atomic E-state index is 12.1. The van der Waals surface area contributed by atoms with Crippen molar-refractivity contribution in [1.82, 2.24) is 15.1 Å². The van der Waals surface area contributed by atoms with Crippen LogP contribution in [0, 0.1) is 0 Å². The van der Waals surface area contributed by atoms with Crippen LogP contribution in [0.4, 0.5) is 0 Å². The second-order valence-corrected chi connectivity index (χ2v) is 7.25. The summed E-state index contributed by atoms with van der Waals surface area (Å²) in [5.74, 6) is 0.0202. The summed E-state index contributed by atoms with van der Waals surface area (Å²) in [6.45, 7) is 6.03. The minimum atomic E-state index is 0.0202. The number of nitrogens with one attached hydrogen (secondary N) is 1. The third kappa shape index (κ3) is 3.81. The van der Waals surface area contributed by atoms with E-state index in [1.54, 1.807) is 0 Å². The topological polar surface area (TPSA) is 35.6 Å². The number of benzene rings is 2. The lowest BCUT2D eigenvalue weighted by atomic mass is 10.1. The summed E-state index contributed by atoms with van der Waals surface area (Å²) < 4.78 is 0. The van der Waals surface area contributed by atoms with Crippen molar-refractivity contribution in [1.29, 1.82) is 0 Å². The highest BCUT2D eigenvalue weighted by Crippen LogP contribution is 2.35. The molecular weight excluding hydrogens is 322 g/mol. The average Bonchev–Trinajstić information content (AvgIpc) is 3.13. The van der Waals surface area contributed by atoms with Gasteiger partial charge in [0.15, 0.2) is 0 Å². The van der Waals surface area contributed by atoms with Crippen LogP contribution < -0.4 is 5.32 Å². The first kappa shape index (κ1) is 17.3. The van der Waals surface area contributed by atoms with Crippen LogP contribution in [0.3, 0.4) is 0 Å². The fourth-order valence-electron chi connectivity index (χ4n) is 4.23. The van der Waals surface area contributed by atoms with Gasteiger partial charge in [0.05, 0.1) is 0 Å². The largest absolute Gasteiger partial charge is 0.351 e. The molecule has 2 aliphatic rings. The molecule has 1 aliphatic heterocycles. The van der Waals surface area contributed by atoms with Gasteiger partial charge in [0, 0.05) is 50.9 Å². The highest BCUT2D eigenvalue weighted by molar-refractivity contribution is 5.94. The van der Waals surface area contributed by atoms with Gasteiger partial charge >= 0.3 is 0 Å². The first-order chi connectivity index (χ1) is 12.8. The van der Waals surface area contributed by atoms with E-state index in [-0.39, 0.29) is 5.91 Å². The second kappa shape index (κ2) is 8.02. The van der Waals surface area contributed by atoms with Crippen molar-refractivity contribution in [3.05, 3.63) is 71.3 Å². The zero-order chi connectivity index (χ0) is 17.8. The third-order valence-corrected chi connectivity index (χ3v) is 5.70. The highest BCUT2D eigenvalue weighted by Gasteiger charge is 2.29. The number of rotatable bonds is 5. The number of hydrogen-bond acceptors (Lipinski definition) is 3. The van der Waals surface area contributed by atoms with Crippen molar-refractivity contribution in [3.63, 3.8) is 0 Å². The lowest BCUT2D eigenvalue weighted by Crippen LogP contribution is -2.49. The van der Waals surface area contributed by atoms with E-state index in [4.69, 9.17) is 0 Å². The summed E-state index contributed by atoms with van der Waals surface area (Å²) in [5, 5.41) is 3.03. The summed E-state index contributed by atoms with van der Waals surface area (Å²) in [6.07, 6.45) is 2.47. The Morgan fingerprint density at radius 3 is 2.50 bits per heavy atom. The first-order valence-corrected chi connectivity index (χ1v) is 9.69. The monoisotopic (exact) mass is 349 g/mol. The molecule has 1 saturated heterocycles. The van der Waals surface area contributed by atoms with Crippen LogP contribution in [0.25, 0.3) is 0 Å². The summed E-state index contributed by atoms with van der Waals surface area (Å²) in [4.78, 5) is 17.2. The van der Waals surface area contributed by atoms with E-state index in [9.17, 15) is 4.79 Å². The highest BCUT2D eigenvalue weighted by atomic mass is 16.1. The van der Waals surface area contributed by atoms with Gasteiger partial charge in [-0.05, 0) is 36.1 Å². The Labute approximate surface area is 155 Å². The van der Waals surface area contributed by atoms with Crippen molar-refractivity contribution in [3.8, 4) is 0 Å². The number of fused-ring (bicyclic) bond motifs is 1. The van der Waals surface area contributed by atoms with Gasteiger partial charge in [0.2, 0.25) is 0 Å². The van der Waals surface area contributed by atoms with Gasteiger partial charge in [-0.15, -0.1) is 0 Å². The summed E-state index contributed by atoms with van der Waals surface area (Å²) >= 11 is 0. The summed E-state index contributed by atoms with van der Waals surface area (Å²) in [5.41, 5.74) is 3.80. The number of hydrogen-bond donors (Lipinski definition) is 1. The molecule has 1 heterocycles. The Morgan fingerprint density at radius 2 is 1.69 bits per heavy atom. The molecule has 0 aromatic heterocycles. The van der Waals surface area contributed by atoms with Crippen LogP contribution >= 0.6 is 0 Å². The van der Waals surface area contributed by atoms with E-state index < -0.39 is 0 Å². The lowest BCUT2D eigenvalue weighted by Gasteiger charge is -2.38. The fourth-order valence-corrected chi connectivity index (χ4v) is 4.23. The molecule has 1 amide bonds. The standard InChI is InChI=1S/C22H27N3O/c26-22(19-7-2-1-3-8-19)23-12-13-24-14-16-25(17-15-24)21-11-10-18-6-4-5-9-20(18)21/h1-9,21H,10-17H2,(H,23,26). The van der Waals surface area contributed by atoms with Gasteiger partial charge < -0.3 is 5.32 Å². The van der Waals surface area contributed by atoms with Crippen molar-refractivity contribution >= 4 is 5.91 Å². The van der Waals surface area contributed by atoms with E-state index in [2.05, 4.69) is 39.4 Å². The minimum absolute atomic E-state index is 0.0202. The van der Waals surface area contributed by atoms with E-state index in [1.807, 2.05) is 30.3 Å². The molecule has 1 N–H and O–H groups in total. The van der Waals surface area contributed by atoms with E-state index in [0.717, 1.165) is 38.3 Å². The van der Waals surface area contributed by atoms with Crippen LogP contribution in [0.15, 0.2) is 54.6 Å². The van der Waals surface area contributed by atoms with E-state index in [0.29, 0.717) is 12.6 Å². The van der Waals surface area contributed by atoms with Gasteiger partial charge in [0.25, 0.3) is 5.91 Å². The number of carbonyl (C=O) groups excluding carboxylic acids is 1. The molecule has 2 aromatic rings. The summed E-state index contributed by atoms with van der Waals surface area (Å²) in [7, 11) is 0. The van der Waals surface area contributed by atoms with Crippen molar-refractivity contribution < 1.29 is 4.79 Å². The van der Waals surface area contributed by atoms with Crippen LogP contribution in [0.1, 0.15) is 33.9 Å². The van der Waals surface area contributed by atoms with Crippen molar-refractivity contribution in [2.45, 2.75) is 18.9 Å². The third-order valence-electron chi connectivity index (χ3n) is 5.70. The molecule has 1 atom stereocenters. The van der Waals surface area contributed by atoms with E-state index in [1.165, 1.54) is 24.0 Å². The van der Waals surface area contributed by atoms with Crippen molar-refractivity contribution in [2.24, 2.45) is 0 Å². The molecule has 4 heteroatoms. The molecule has 26 heavy (non-hydrogen) atoms. The Morgan fingerprint density at radius 1 is 0.962 bits per heavy atom. The number of aryl methyl sites for hydroxylation is 1. The Kier molecular flexibility index (Phi) is 5.32. The van der Waals surface area contributed by atoms with Gasteiger partial charge in [-0.25, -0.2) is 0 Å². The molecule has 4 nitrogen and oxygen atoms in total. The molecule has 0 spiro atoms. The SMILES string of the molecule is O=C(NCCN1CCN(C2CCc3ccccc32)CC1)c1ccccc1. The number of nitrogens with zero attached hydrogens (tertiary/aromatic N) is 2. The molecular formula is C22H27N3O. The second-order valence-electron chi connectivity index (χ2n) is 7.25. The predicted octanol–water partition coefficient (Wildman–Crippen LogP) is 2.72. The summed E-state index contributed by atoms with van der Waals surface area (Å²) in [6, 6.07) is 18.9. The molecule has 2 aromatic carbocycles. The quantitative estimate of drug-likeness (QED) is 0.902. The Hall–Kier alpha value is -2.17. The molecule has 1 fully saturated rings. The number of piperazine rings is 1. The van der Waals surface area contributed by atoms with Gasteiger partial charge in [-0.2, -0.15) is 0 Å². The molecule has 136 valence electrons. The van der Waals surface area contributed by atoms with Gasteiger partial charge in [0.1, 0.15) is 0 Å². The van der Waals surface area contributed by atoms with Crippen LogP contribution in [-0.4, -0.2) is 55.0 Å². The first-order valence-electron chi connectivity index (χ1n) is 9.69. The molecule has 1 aliphatic carbocycles. The zero-order valence-electron chi connectivity index (χ0n) is 15.2. The average molecular weight is 349 g/mol. The maximum absolute atomic E-state index is 12.1. The lowest BCUT2D eigenvalue weighted by molar-refractivity contribution is 0.0889. The fraction of sp³-hybridized carbons (Fsp3) is 0.409. The van der Waals surface area contributed by atoms with Crippen LogP contribution in [0.2, 0.25) is 0 Å². The van der Waals surface area contributed by atoms with Crippen LogP contribution in [0.5, 0.6) is 0 Å². The van der Waals surface area contributed by atoms with E-state index >= 15 is 0 Å². The van der Waals surface area contributed by atoms with Crippen molar-refractivity contribution in [2.75, 3.05) is 39.3 Å². The molecule has 4 rings (SSSR count). The predicted molar refractivity (Wildman–Crippen MR) is 104 cm³/mol. The normalized spacial score (nSPS) is 20.7. The molecule has 1 unspecified atom stereocenters. The molecule has 0 bridgehead atoms. The maximum Gasteiger partial charge on any atom is 0.251 e. The zero-order valence-corrected chi connectivity index (χ0v) is 15.2. The van der Waals surface area contributed by atoms with Gasteiger partial charge in [-0.1, -0.05) is 42.5 Å². The number of carbonyl (C=O) groups is 1. The number of amides is 1. The Bertz CT molecular complexity index is 738. The molecule has 0 saturated carbocycles. The van der Waals surface area contributed by atoms with Gasteiger partial charge in [-0.3, -0.25) is 14.6 Å². The van der Waals surface area contributed by atoms with Crippen LogP contribution in [-0.2, 0) is 6.42 Å².